The van der Waals surface area contributed by atoms with Crippen LogP contribution in [0.3, 0.4) is 0 Å². The molecule has 20 heavy (non-hydrogen) atoms. The van der Waals surface area contributed by atoms with E-state index in [0.29, 0.717) is 31.6 Å². The number of hydrogen-bond donors (Lipinski definition) is 1. The van der Waals surface area contributed by atoms with Crippen LogP contribution in [0, 0.1) is 5.92 Å². The molecule has 1 fully saturated rings. The van der Waals surface area contributed by atoms with E-state index >= 15 is 0 Å². The average Bonchev–Trinajstić information content (AvgIpc) is 2.32. The van der Waals surface area contributed by atoms with Crippen molar-refractivity contribution in [2.24, 2.45) is 5.92 Å². The molecular formula is C14H31N3O2S. The van der Waals surface area contributed by atoms with Crippen LogP contribution in [-0.2, 0) is 10.2 Å². The van der Waals surface area contributed by atoms with Crippen LogP contribution in [-0.4, -0.2) is 56.3 Å². The highest BCUT2D eigenvalue weighted by Gasteiger charge is 2.29. The molecule has 0 aromatic carbocycles. The Labute approximate surface area is 124 Å². The fourth-order valence-electron chi connectivity index (χ4n) is 2.35. The highest BCUT2D eigenvalue weighted by atomic mass is 32.2. The van der Waals surface area contributed by atoms with Gasteiger partial charge >= 0.3 is 0 Å². The van der Waals surface area contributed by atoms with Gasteiger partial charge in [-0.25, -0.2) is 0 Å². The second-order valence-electron chi connectivity index (χ2n) is 6.04. The van der Waals surface area contributed by atoms with Crippen LogP contribution in [0.5, 0.6) is 0 Å². The molecule has 0 aliphatic heterocycles. The third-order valence-electron chi connectivity index (χ3n) is 3.96. The minimum Gasteiger partial charge on any atom is -0.314 e. The Bertz CT molecular complexity index is 367. The highest BCUT2D eigenvalue weighted by molar-refractivity contribution is 7.86. The summed E-state index contributed by atoms with van der Waals surface area (Å²) in [5, 5.41) is 3.31. The highest BCUT2D eigenvalue weighted by Crippen LogP contribution is 2.28. The van der Waals surface area contributed by atoms with Gasteiger partial charge < -0.3 is 5.32 Å². The van der Waals surface area contributed by atoms with Crippen LogP contribution in [0.4, 0.5) is 0 Å². The molecule has 0 atom stereocenters. The fourth-order valence-corrected chi connectivity index (χ4v) is 3.83. The molecule has 1 N–H and O–H groups in total. The molecule has 120 valence electrons. The summed E-state index contributed by atoms with van der Waals surface area (Å²) >= 11 is 0. The molecule has 1 aliphatic rings. The van der Waals surface area contributed by atoms with Gasteiger partial charge in [0.05, 0.1) is 0 Å². The maximum Gasteiger partial charge on any atom is 0.281 e. The molecule has 6 heteroatoms. The summed E-state index contributed by atoms with van der Waals surface area (Å²) < 4.78 is 28.1. The first-order valence-electron chi connectivity index (χ1n) is 7.82. The van der Waals surface area contributed by atoms with Crippen LogP contribution >= 0.6 is 0 Å². The van der Waals surface area contributed by atoms with Gasteiger partial charge in [-0.05, 0) is 31.7 Å². The lowest BCUT2D eigenvalue weighted by molar-refractivity contribution is 0.241. The number of rotatable bonds is 10. The first-order chi connectivity index (χ1) is 9.37. The van der Waals surface area contributed by atoms with Gasteiger partial charge in [0.25, 0.3) is 10.2 Å². The Balaban J connectivity index is 2.42. The summed E-state index contributed by atoms with van der Waals surface area (Å²) in [6.45, 7) is 8.79. The van der Waals surface area contributed by atoms with Crippen LogP contribution in [0.1, 0.15) is 46.5 Å². The molecule has 0 saturated heterocycles. The van der Waals surface area contributed by atoms with E-state index in [1.165, 1.54) is 23.6 Å². The van der Waals surface area contributed by atoms with Crippen molar-refractivity contribution in [3.05, 3.63) is 0 Å². The third-order valence-corrected chi connectivity index (χ3v) is 5.99. The van der Waals surface area contributed by atoms with Crippen molar-refractivity contribution in [3.8, 4) is 0 Å². The van der Waals surface area contributed by atoms with E-state index in [0.717, 1.165) is 13.0 Å². The maximum atomic E-state index is 12.5. The Hall–Kier alpha value is -0.170. The number of nitrogens with one attached hydrogen (secondary N) is 1. The zero-order valence-electron chi connectivity index (χ0n) is 13.4. The van der Waals surface area contributed by atoms with Gasteiger partial charge in [0.15, 0.2) is 0 Å². The van der Waals surface area contributed by atoms with Crippen LogP contribution in [0.15, 0.2) is 0 Å². The summed E-state index contributed by atoms with van der Waals surface area (Å²) in [7, 11) is -1.60. The predicted molar refractivity (Wildman–Crippen MR) is 83.9 cm³/mol. The van der Waals surface area contributed by atoms with Gasteiger partial charge in [0.1, 0.15) is 0 Å². The standard InChI is InChI=1S/C14H31N3O2S/c1-5-17(12-14-8-6-9-14)20(18,19)16(4)11-7-10-15-13(2)3/h13-15H,5-12H2,1-4H3. The Kier molecular flexibility index (Phi) is 7.43. The second kappa shape index (κ2) is 8.32. The van der Waals surface area contributed by atoms with Crippen LogP contribution < -0.4 is 5.32 Å². The molecule has 0 aromatic heterocycles. The molecule has 1 saturated carbocycles. The minimum absolute atomic E-state index is 0.447. The van der Waals surface area contributed by atoms with Crippen LogP contribution in [0.25, 0.3) is 0 Å². The van der Waals surface area contributed by atoms with E-state index in [1.807, 2.05) is 6.92 Å². The summed E-state index contributed by atoms with van der Waals surface area (Å²) in [6.07, 6.45) is 4.44. The zero-order valence-corrected chi connectivity index (χ0v) is 14.2. The molecular weight excluding hydrogens is 274 g/mol. The Morgan fingerprint density at radius 3 is 2.40 bits per heavy atom. The van der Waals surface area contributed by atoms with Gasteiger partial charge in [-0.2, -0.15) is 17.0 Å². The van der Waals surface area contributed by atoms with Crippen molar-refractivity contribution in [1.29, 1.82) is 0 Å². The van der Waals surface area contributed by atoms with E-state index in [9.17, 15) is 8.42 Å². The molecule has 1 rings (SSSR count). The van der Waals surface area contributed by atoms with E-state index in [4.69, 9.17) is 0 Å². The first kappa shape index (κ1) is 17.9. The quantitative estimate of drug-likeness (QED) is 0.625. The summed E-state index contributed by atoms with van der Waals surface area (Å²) in [4.78, 5) is 0. The van der Waals surface area contributed by atoms with Gasteiger partial charge in [0, 0.05) is 32.7 Å². The average molecular weight is 305 g/mol. The lowest BCUT2D eigenvalue weighted by Crippen LogP contribution is -2.45. The van der Waals surface area contributed by atoms with Crippen molar-refractivity contribution >= 4 is 10.2 Å². The molecule has 0 radical (unpaired) electrons. The molecule has 0 amide bonds. The molecule has 0 bridgehead atoms. The minimum atomic E-state index is -3.28. The molecule has 0 spiro atoms. The van der Waals surface area contributed by atoms with Crippen molar-refractivity contribution in [1.82, 2.24) is 13.9 Å². The molecule has 0 aromatic rings. The molecule has 5 nitrogen and oxygen atoms in total. The number of hydrogen-bond acceptors (Lipinski definition) is 3. The lowest BCUT2D eigenvalue weighted by Gasteiger charge is -2.33. The van der Waals surface area contributed by atoms with E-state index in [1.54, 1.807) is 11.4 Å². The molecule has 0 unspecified atom stereocenters. The monoisotopic (exact) mass is 305 g/mol. The normalized spacial score (nSPS) is 17.1. The third kappa shape index (κ3) is 5.31. The van der Waals surface area contributed by atoms with Crippen molar-refractivity contribution in [2.45, 2.75) is 52.5 Å². The smallest absolute Gasteiger partial charge is 0.281 e. The van der Waals surface area contributed by atoms with Crippen molar-refractivity contribution in [2.75, 3.05) is 33.2 Å². The summed E-state index contributed by atoms with van der Waals surface area (Å²) in [6, 6.07) is 0.447. The second-order valence-corrected chi connectivity index (χ2v) is 8.07. The van der Waals surface area contributed by atoms with Crippen molar-refractivity contribution in [3.63, 3.8) is 0 Å². The Morgan fingerprint density at radius 1 is 1.30 bits per heavy atom. The zero-order chi connectivity index (χ0) is 15.2. The van der Waals surface area contributed by atoms with E-state index in [-0.39, 0.29) is 0 Å². The Morgan fingerprint density at radius 2 is 1.95 bits per heavy atom. The molecule has 1 aliphatic carbocycles. The predicted octanol–water partition coefficient (Wildman–Crippen LogP) is 1.67. The summed E-state index contributed by atoms with van der Waals surface area (Å²) in [5.74, 6) is 0.570. The topological polar surface area (TPSA) is 52.7 Å². The van der Waals surface area contributed by atoms with Gasteiger partial charge in [0.2, 0.25) is 0 Å². The SMILES string of the molecule is CCN(CC1CCC1)S(=O)(=O)N(C)CCCNC(C)C. The fraction of sp³-hybridized carbons (Fsp3) is 1.00. The number of nitrogens with zero attached hydrogens (tertiary/aromatic N) is 2. The van der Waals surface area contributed by atoms with Crippen molar-refractivity contribution < 1.29 is 8.42 Å². The summed E-state index contributed by atoms with van der Waals surface area (Å²) in [5.41, 5.74) is 0. The maximum absolute atomic E-state index is 12.5. The lowest BCUT2D eigenvalue weighted by atomic mass is 9.85. The van der Waals surface area contributed by atoms with E-state index < -0.39 is 10.2 Å². The van der Waals surface area contributed by atoms with Crippen LogP contribution in [0.2, 0.25) is 0 Å². The van der Waals surface area contributed by atoms with Gasteiger partial charge in [-0.1, -0.05) is 27.2 Å². The molecule has 0 heterocycles. The van der Waals surface area contributed by atoms with Gasteiger partial charge in [-0.15, -0.1) is 0 Å². The van der Waals surface area contributed by atoms with Gasteiger partial charge in [-0.3, -0.25) is 0 Å². The largest absolute Gasteiger partial charge is 0.314 e. The first-order valence-corrected chi connectivity index (χ1v) is 9.22. The van der Waals surface area contributed by atoms with E-state index in [2.05, 4.69) is 19.2 Å².